The number of para-hydroxylation sites is 1. The number of amidine groups is 1. The van der Waals surface area contributed by atoms with Crippen LogP contribution in [0.3, 0.4) is 0 Å². The molecule has 2 N–H and O–H groups in total. The SMILES string of the molecule is CC(C)N=C1NN=C(c2c[nH]c3ccccc23)[C@@H](c2ccccc2)S1. The number of nitrogens with zero attached hydrogens (tertiary/aromatic N) is 2. The van der Waals surface area contributed by atoms with Gasteiger partial charge in [0.25, 0.3) is 0 Å². The maximum absolute atomic E-state index is 4.71. The van der Waals surface area contributed by atoms with E-state index < -0.39 is 0 Å². The second-order valence-corrected chi connectivity index (χ2v) is 7.39. The number of aromatic nitrogens is 1. The fourth-order valence-corrected chi connectivity index (χ4v) is 4.17. The predicted molar refractivity (Wildman–Crippen MR) is 107 cm³/mol. The molecule has 0 saturated carbocycles. The Morgan fingerprint density at radius 3 is 2.60 bits per heavy atom. The highest BCUT2D eigenvalue weighted by Gasteiger charge is 2.28. The average molecular weight is 348 g/mol. The van der Waals surface area contributed by atoms with Gasteiger partial charge in [0.05, 0.1) is 11.0 Å². The molecule has 0 bridgehead atoms. The predicted octanol–water partition coefficient (Wildman–Crippen LogP) is 4.71. The number of fused-ring (bicyclic) bond motifs is 1. The molecule has 3 aromatic rings. The summed E-state index contributed by atoms with van der Waals surface area (Å²) < 4.78 is 0. The zero-order valence-corrected chi connectivity index (χ0v) is 15.0. The summed E-state index contributed by atoms with van der Waals surface area (Å²) in [5, 5.41) is 6.88. The Bertz CT molecular complexity index is 940. The fourth-order valence-electron chi connectivity index (χ4n) is 2.99. The lowest BCUT2D eigenvalue weighted by atomic mass is 10.0. The number of hydrogen-bond donors (Lipinski definition) is 2. The van der Waals surface area contributed by atoms with Gasteiger partial charge in [0.2, 0.25) is 0 Å². The number of thioether (sulfide) groups is 1. The lowest BCUT2D eigenvalue weighted by Crippen LogP contribution is -2.28. The van der Waals surface area contributed by atoms with Crippen molar-refractivity contribution in [2.75, 3.05) is 0 Å². The fraction of sp³-hybridized carbons (Fsp3) is 0.200. The number of nitrogens with one attached hydrogen (secondary N) is 2. The monoisotopic (exact) mass is 348 g/mol. The van der Waals surface area contributed by atoms with Crippen molar-refractivity contribution in [3.8, 4) is 0 Å². The number of hydrogen-bond acceptors (Lipinski definition) is 3. The Morgan fingerprint density at radius 2 is 1.80 bits per heavy atom. The number of aliphatic imine (C=N–C) groups is 1. The third kappa shape index (κ3) is 3.20. The van der Waals surface area contributed by atoms with Crippen LogP contribution in [0.2, 0.25) is 0 Å². The van der Waals surface area contributed by atoms with Crippen molar-refractivity contribution in [2.45, 2.75) is 25.1 Å². The van der Waals surface area contributed by atoms with Gasteiger partial charge in [0.1, 0.15) is 0 Å². The molecule has 0 aliphatic carbocycles. The first-order valence-corrected chi connectivity index (χ1v) is 9.30. The summed E-state index contributed by atoms with van der Waals surface area (Å²) in [7, 11) is 0. The van der Waals surface area contributed by atoms with Crippen LogP contribution in [0, 0.1) is 0 Å². The first-order chi connectivity index (χ1) is 12.2. The minimum absolute atomic E-state index is 0.110. The molecule has 2 heterocycles. The van der Waals surface area contributed by atoms with Crippen LogP contribution >= 0.6 is 11.8 Å². The van der Waals surface area contributed by atoms with Gasteiger partial charge < -0.3 is 4.98 Å². The molecule has 0 unspecified atom stereocenters. The molecule has 0 amide bonds. The highest BCUT2D eigenvalue weighted by atomic mass is 32.2. The summed E-state index contributed by atoms with van der Waals surface area (Å²) in [5.41, 5.74) is 7.65. The maximum Gasteiger partial charge on any atom is 0.178 e. The van der Waals surface area contributed by atoms with Crippen LogP contribution in [0.1, 0.15) is 30.2 Å². The molecule has 0 saturated heterocycles. The van der Waals surface area contributed by atoms with Crippen LogP contribution in [0.4, 0.5) is 0 Å². The highest BCUT2D eigenvalue weighted by molar-refractivity contribution is 8.14. The summed E-state index contributed by atoms with van der Waals surface area (Å²) in [6.45, 7) is 4.15. The van der Waals surface area contributed by atoms with Crippen LogP contribution in [0.5, 0.6) is 0 Å². The Labute approximate surface area is 151 Å². The highest BCUT2D eigenvalue weighted by Crippen LogP contribution is 2.37. The topological polar surface area (TPSA) is 52.5 Å². The summed E-state index contributed by atoms with van der Waals surface area (Å²) in [4.78, 5) is 8.00. The summed E-state index contributed by atoms with van der Waals surface area (Å²) >= 11 is 1.72. The molecule has 1 atom stereocenters. The van der Waals surface area contributed by atoms with E-state index in [4.69, 9.17) is 5.10 Å². The van der Waals surface area contributed by atoms with Gasteiger partial charge in [-0.25, -0.2) is 0 Å². The molecular formula is C20H20N4S. The number of benzene rings is 2. The van der Waals surface area contributed by atoms with Crippen LogP contribution in [-0.4, -0.2) is 21.9 Å². The van der Waals surface area contributed by atoms with Gasteiger partial charge in [-0.1, -0.05) is 60.3 Å². The number of H-pyrrole nitrogens is 1. The Morgan fingerprint density at radius 1 is 1.04 bits per heavy atom. The van der Waals surface area contributed by atoms with Gasteiger partial charge in [-0.3, -0.25) is 10.4 Å². The van der Waals surface area contributed by atoms with E-state index in [1.54, 1.807) is 11.8 Å². The van der Waals surface area contributed by atoms with Gasteiger partial charge in [0, 0.05) is 28.7 Å². The van der Waals surface area contributed by atoms with E-state index in [1.807, 2.05) is 18.3 Å². The second-order valence-electron chi connectivity index (χ2n) is 6.29. The lowest BCUT2D eigenvalue weighted by Gasteiger charge is -2.25. The maximum atomic E-state index is 4.71. The van der Waals surface area contributed by atoms with Gasteiger partial charge in [-0.2, -0.15) is 5.10 Å². The molecule has 0 spiro atoms. The molecule has 4 nitrogen and oxygen atoms in total. The van der Waals surface area contributed by atoms with Crippen molar-refractivity contribution < 1.29 is 0 Å². The second kappa shape index (κ2) is 6.76. The molecular weight excluding hydrogens is 328 g/mol. The third-order valence-corrected chi connectivity index (χ3v) is 5.24. The van der Waals surface area contributed by atoms with Crippen LogP contribution in [0.25, 0.3) is 10.9 Å². The smallest absolute Gasteiger partial charge is 0.178 e. The standard InChI is InChI=1S/C20H20N4S/c1-13(2)22-20-24-23-18(19(25-20)14-8-4-3-5-9-14)16-12-21-17-11-7-6-10-15(16)17/h3-13,19,21H,1-2H3,(H,22,24)/t19-/m1/s1. The molecule has 0 radical (unpaired) electrons. The van der Waals surface area contributed by atoms with E-state index in [0.717, 1.165) is 22.0 Å². The van der Waals surface area contributed by atoms with E-state index in [0.29, 0.717) is 0 Å². The zero-order chi connectivity index (χ0) is 17.2. The summed E-state index contributed by atoms with van der Waals surface area (Å²) in [6, 6.07) is 19.1. The Balaban J connectivity index is 1.82. The minimum Gasteiger partial charge on any atom is -0.360 e. The van der Waals surface area contributed by atoms with Crippen molar-refractivity contribution in [3.05, 3.63) is 71.9 Å². The third-order valence-electron chi connectivity index (χ3n) is 4.09. The van der Waals surface area contributed by atoms with E-state index in [2.05, 4.69) is 71.7 Å². The van der Waals surface area contributed by atoms with E-state index in [1.165, 1.54) is 10.9 Å². The Kier molecular flexibility index (Phi) is 4.32. The zero-order valence-electron chi connectivity index (χ0n) is 14.2. The van der Waals surface area contributed by atoms with Crippen molar-refractivity contribution in [1.82, 2.24) is 10.4 Å². The quantitative estimate of drug-likeness (QED) is 0.720. The number of hydrazone groups is 1. The van der Waals surface area contributed by atoms with Gasteiger partial charge in [-0.15, -0.1) is 0 Å². The average Bonchev–Trinajstić information content (AvgIpc) is 3.06. The molecule has 1 aliphatic rings. The first kappa shape index (κ1) is 16.0. The normalized spacial score (nSPS) is 19.2. The molecule has 1 aliphatic heterocycles. The summed E-state index contributed by atoms with van der Waals surface area (Å²) in [5.74, 6) is 0. The molecule has 5 heteroatoms. The molecule has 25 heavy (non-hydrogen) atoms. The number of aromatic amines is 1. The van der Waals surface area contributed by atoms with E-state index in [-0.39, 0.29) is 11.3 Å². The molecule has 1 aromatic heterocycles. The molecule has 126 valence electrons. The van der Waals surface area contributed by atoms with Gasteiger partial charge >= 0.3 is 0 Å². The Hall–Kier alpha value is -2.53. The van der Waals surface area contributed by atoms with Crippen molar-refractivity contribution in [3.63, 3.8) is 0 Å². The van der Waals surface area contributed by atoms with Crippen molar-refractivity contribution >= 4 is 33.5 Å². The van der Waals surface area contributed by atoms with Crippen LogP contribution < -0.4 is 5.43 Å². The number of rotatable bonds is 3. The van der Waals surface area contributed by atoms with Crippen molar-refractivity contribution in [2.24, 2.45) is 10.1 Å². The lowest BCUT2D eigenvalue weighted by molar-refractivity contribution is 0.825. The van der Waals surface area contributed by atoms with Gasteiger partial charge in [-0.05, 0) is 25.5 Å². The largest absolute Gasteiger partial charge is 0.360 e. The molecule has 2 aromatic carbocycles. The minimum atomic E-state index is 0.110. The van der Waals surface area contributed by atoms with Crippen molar-refractivity contribution in [1.29, 1.82) is 0 Å². The van der Waals surface area contributed by atoms with Gasteiger partial charge in [0.15, 0.2) is 5.17 Å². The molecule has 0 fully saturated rings. The van der Waals surface area contributed by atoms with Crippen LogP contribution in [0.15, 0.2) is 70.9 Å². The first-order valence-electron chi connectivity index (χ1n) is 8.42. The van der Waals surface area contributed by atoms with Crippen LogP contribution in [-0.2, 0) is 0 Å². The van der Waals surface area contributed by atoms with E-state index >= 15 is 0 Å². The van der Waals surface area contributed by atoms with E-state index in [9.17, 15) is 0 Å². The summed E-state index contributed by atoms with van der Waals surface area (Å²) in [6.07, 6.45) is 2.05. The molecule has 4 rings (SSSR count).